The lowest BCUT2D eigenvalue weighted by atomic mass is 9.87. The van der Waals surface area contributed by atoms with E-state index in [-0.39, 0.29) is 0 Å². The molecule has 0 amide bonds. The van der Waals surface area contributed by atoms with Crippen molar-refractivity contribution >= 4 is 5.76 Å². The number of allylic oxidation sites excluding steroid dienone is 1. The lowest BCUT2D eigenvalue weighted by Gasteiger charge is -2.30. The molecule has 0 aromatic heterocycles. The van der Waals surface area contributed by atoms with Crippen LogP contribution in [-0.4, -0.2) is 19.0 Å². The second-order valence-corrected chi connectivity index (χ2v) is 5.18. The molecule has 3 nitrogen and oxygen atoms in total. The predicted octanol–water partition coefficient (Wildman–Crippen LogP) is 3.14. The first kappa shape index (κ1) is 11.9. The molecule has 0 unspecified atom stereocenters. The molecule has 0 radical (unpaired) electrons. The first-order valence-corrected chi connectivity index (χ1v) is 6.91. The molecule has 2 heterocycles. The SMILES string of the molecule is C/C=C1/OC2(C=CC3(C=C2)OCCO3)c2ccccc21. The van der Waals surface area contributed by atoms with Gasteiger partial charge in [-0.05, 0) is 37.3 Å². The quantitative estimate of drug-likeness (QED) is 0.676. The second kappa shape index (κ2) is 4.08. The number of rotatable bonds is 0. The maximum absolute atomic E-state index is 6.19. The molecule has 102 valence electrons. The summed E-state index contributed by atoms with van der Waals surface area (Å²) in [5.41, 5.74) is 1.78. The Morgan fingerprint density at radius 3 is 2.40 bits per heavy atom. The topological polar surface area (TPSA) is 27.7 Å². The van der Waals surface area contributed by atoms with Gasteiger partial charge in [0.25, 0.3) is 0 Å². The average Bonchev–Trinajstić information content (AvgIpc) is 3.07. The van der Waals surface area contributed by atoms with Crippen LogP contribution in [0.5, 0.6) is 0 Å². The van der Waals surface area contributed by atoms with Crippen LogP contribution < -0.4 is 0 Å². The minimum atomic E-state index is -0.692. The molecule has 0 atom stereocenters. The smallest absolute Gasteiger partial charge is 0.208 e. The fraction of sp³-hybridized carbons (Fsp3) is 0.294. The minimum Gasteiger partial charge on any atom is -0.474 e. The van der Waals surface area contributed by atoms with E-state index >= 15 is 0 Å². The van der Waals surface area contributed by atoms with Gasteiger partial charge in [0.1, 0.15) is 5.76 Å². The van der Waals surface area contributed by atoms with Crippen LogP contribution in [0.25, 0.3) is 5.76 Å². The molecule has 0 saturated carbocycles. The van der Waals surface area contributed by atoms with Crippen LogP contribution in [0.1, 0.15) is 18.1 Å². The van der Waals surface area contributed by atoms with Crippen LogP contribution >= 0.6 is 0 Å². The lowest BCUT2D eigenvalue weighted by molar-refractivity contribution is -0.0786. The number of hydrogen-bond acceptors (Lipinski definition) is 3. The van der Waals surface area contributed by atoms with E-state index in [1.165, 1.54) is 0 Å². The van der Waals surface area contributed by atoms with Crippen LogP contribution in [0, 0.1) is 0 Å². The van der Waals surface area contributed by atoms with Gasteiger partial charge in [0.2, 0.25) is 5.79 Å². The Hall–Kier alpha value is -1.84. The van der Waals surface area contributed by atoms with Gasteiger partial charge in [-0.2, -0.15) is 0 Å². The van der Waals surface area contributed by atoms with Crippen molar-refractivity contribution in [1.29, 1.82) is 0 Å². The zero-order chi connectivity index (χ0) is 13.6. The van der Waals surface area contributed by atoms with Crippen molar-refractivity contribution < 1.29 is 14.2 Å². The molecule has 1 saturated heterocycles. The molecule has 0 bridgehead atoms. The monoisotopic (exact) mass is 268 g/mol. The maximum atomic E-state index is 6.19. The Morgan fingerprint density at radius 2 is 1.70 bits per heavy atom. The maximum Gasteiger partial charge on any atom is 0.208 e. The van der Waals surface area contributed by atoms with Gasteiger partial charge in [0, 0.05) is 11.1 Å². The number of ether oxygens (including phenoxy) is 3. The summed E-state index contributed by atoms with van der Waals surface area (Å²) in [5.74, 6) is 0.224. The lowest BCUT2D eigenvalue weighted by Crippen LogP contribution is -2.32. The highest BCUT2D eigenvalue weighted by atomic mass is 16.7. The third kappa shape index (κ3) is 1.54. The van der Waals surface area contributed by atoms with E-state index in [0.29, 0.717) is 13.2 Å². The van der Waals surface area contributed by atoms with Gasteiger partial charge in [-0.1, -0.05) is 24.3 Å². The number of hydrogen-bond donors (Lipinski definition) is 0. The molecule has 2 spiro atoms. The highest BCUT2D eigenvalue weighted by Crippen LogP contribution is 2.47. The first-order chi connectivity index (χ1) is 9.77. The van der Waals surface area contributed by atoms with E-state index in [1.807, 2.05) is 49.4 Å². The van der Waals surface area contributed by atoms with Crippen LogP contribution in [0.4, 0.5) is 0 Å². The van der Waals surface area contributed by atoms with Gasteiger partial charge in [-0.15, -0.1) is 0 Å². The van der Waals surface area contributed by atoms with Gasteiger partial charge >= 0.3 is 0 Å². The molecule has 3 heteroatoms. The molecule has 1 aliphatic carbocycles. The Morgan fingerprint density at radius 1 is 1.00 bits per heavy atom. The molecule has 20 heavy (non-hydrogen) atoms. The van der Waals surface area contributed by atoms with Crippen molar-refractivity contribution in [3.05, 3.63) is 65.8 Å². The van der Waals surface area contributed by atoms with Crippen molar-refractivity contribution in [2.75, 3.05) is 13.2 Å². The zero-order valence-corrected chi connectivity index (χ0v) is 11.3. The molecule has 3 aliphatic rings. The van der Waals surface area contributed by atoms with Crippen molar-refractivity contribution in [2.24, 2.45) is 0 Å². The van der Waals surface area contributed by atoms with Gasteiger partial charge < -0.3 is 14.2 Å². The Balaban J connectivity index is 1.79. The van der Waals surface area contributed by atoms with Crippen LogP contribution in [0.3, 0.4) is 0 Å². The Labute approximate surface area is 118 Å². The highest BCUT2D eigenvalue weighted by Gasteiger charge is 2.44. The molecule has 1 aromatic rings. The van der Waals surface area contributed by atoms with E-state index in [0.717, 1.165) is 16.9 Å². The summed E-state index contributed by atoms with van der Waals surface area (Å²) in [7, 11) is 0. The fourth-order valence-corrected chi connectivity index (χ4v) is 3.02. The zero-order valence-electron chi connectivity index (χ0n) is 11.3. The molecular weight excluding hydrogens is 252 g/mol. The van der Waals surface area contributed by atoms with E-state index in [1.54, 1.807) is 0 Å². The summed E-state index contributed by atoms with van der Waals surface area (Å²) >= 11 is 0. The molecule has 1 fully saturated rings. The third-order valence-corrected chi connectivity index (χ3v) is 4.02. The number of fused-ring (bicyclic) bond motifs is 2. The summed E-state index contributed by atoms with van der Waals surface area (Å²) in [5, 5.41) is 0. The van der Waals surface area contributed by atoms with E-state index < -0.39 is 11.4 Å². The summed E-state index contributed by atoms with van der Waals surface area (Å²) in [6.07, 6.45) is 9.98. The van der Waals surface area contributed by atoms with Crippen molar-refractivity contribution in [1.82, 2.24) is 0 Å². The molecular formula is C17H16O3. The Kier molecular flexibility index (Phi) is 2.43. The Bertz CT molecular complexity index is 617. The fourth-order valence-electron chi connectivity index (χ4n) is 3.02. The van der Waals surface area contributed by atoms with Crippen molar-refractivity contribution in [2.45, 2.75) is 18.3 Å². The average molecular weight is 268 g/mol. The van der Waals surface area contributed by atoms with Crippen molar-refractivity contribution in [3.63, 3.8) is 0 Å². The van der Waals surface area contributed by atoms with Crippen LogP contribution in [-0.2, 0) is 19.8 Å². The normalized spacial score (nSPS) is 26.4. The molecule has 0 N–H and O–H groups in total. The molecule has 2 aliphatic heterocycles. The second-order valence-electron chi connectivity index (χ2n) is 5.18. The largest absolute Gasteiger partial charge is 0.474 e. The third-order valence-electron chi connectivity index (χ3n) is 4.02. The standard InChI is InChI=1S/C17H16O3/c1-2-15-13-5-3-4-6-14(13)16(20-15)7-9-17(10-8-16)18-11-12-19-17/h2-10H,11-12H2,1H3/b15-2+. The van der Waals surface area contributed by atoms with Crippen LogP contribution in [0.2, 0.25) is 0 Å². The summed E-state index contributed by atoms with van der Waals surface area (Å²) < 4.78 is 17.5. The molecule has 4 rings (SSSR count). The van der Waals surface area contributed by atoms with Crippen LogP contribution in [0.15, 0.2) is 54.6 Å². The highest BCUT2D eigenvalue weighted by molar-refractivity contribution is 5.71. The minimum absolute atomic E-state index is 0.529. The summed E-state index contributed by atoms with van der Waals surface area (Å²) in [6.45, 7) is 3.24. The molecule has 1 aromatic carbocycles. The van der Waals surface area contributed by atoms with Gasteiger partial charge in [-0.3, -0.25) is 0 Å². The van der Waals surface area contributed by atoms with Gasteiger partial charge in [0.05, 0.1) is 13.2 Å². The van der Waals surface area contributed by atoms with E-state index in [2.05, 4.69) is 12.1 Å². The van der Waals surface area contributed by atoms with Gasteiger partial charge in [-0.25, -0.2) is 0 Å². The summed E-state index contributed by atoms with van der Waals surface area (Å²) in [4.78, 5) is 0. The van der Waals surface area contributed by atoms with Gasteiger partial charge in [0.15, 0.2) is 5.60 Å². The van der Waals surface area contributed by atoms with E-state index in [4.69, 9.17) is 14.2 Å². The first-order valence-electron chi connectivity index (χ1n) is 6.91. The van der Waals surface area contributed by atoms with Crippen molar-refractivity contribution in [3.8, 4) is 0 Å². The number of benzene rings is 1. The predicted molar refractivity (Wildman–Crippen MR) is 75.8 cm³/mol. The van der Waals surface area contributed by atoms with E-state index in [9.17, 15) is 0 Å². The summed E-state index contributed by atoms with van der Waals surface area (Å²) in [6, 6.07) is 8.27.